The minimum atomic E-state index is 0.546. The topological polar surface area (TPSA) is 12.0 Å². The van der Waals surface area contributed by atoms with Gasteiger partial charge in [0.2, 0.25) is 0 Å². The number of allylic oxidation sites excluding steroid dienone is 4. The average Bonchev–Trinajstić information content (AvgIpc) is 2.84. The molecule has 1 aliphatic heterocycles. The molecule has 1 heteroatoms. The van der Waals surface area contributed by atoms with Crippen molar-refractivity contribution in [2.45, 2.75) is 47.1 Å². The van der Waals surface area contributed by atoms with Crippen LogP contribution >= 0.6 is 0 Å². The van der Waals surface area contributed by atoms with Crippen LogP contribution in [0.15, 0.2) is 34.9 Å². The lowest BCUT2D eigenvalue weighted by molar-refractivity contribution is 0.839. The Morgan fingerprint density at radius 3 is 2.42 bits per heavy atom. The Hall–Kier alpha value is -1.50. The fourth-order valence-electron chi connectivity index (χ4n) is 3.59. The van der Waals surface area contributed by atoms with Gasteiger partial charge in [0.25, 0.3) is 0 Å². The van der Waals surface area contributed by atoms with Crippen molar-refractivity contribution in [3.05, 3.63) is 46.0 Å². The zero-order chi connectivity index (χ0) is 13.7. The first-order valence-corrected chi connectivity index (χ1v) is 7.28. The van der Waals surface area contributed by atoms with Gasteiger partial charge in [0.1, 0.15) is 0 Å². The van der Waals surface area contributed by atoms with E-state index in [1.54, 1.807) is 0 Å². The maximum atomic E-state index is 3.66. The summed E-state index contributed by atoms with van der Waals surface area (Å²) in [4.78, 5) is 0. The number of para-hydroxylation sites is 1. The van der Waals surface area contributed by atoms with Gasteiger partial charge in [0.15, 0.2) is 0 Å². The average molecular weight is 253 g/mol. The number of rotatable bonds is 1. The second kappa shape index (κ2) is 4.26. The van der Waals surface area contributed by atoms with Gasteiger partial charge < -0.3 is 5.32 Å². The van der Waals surface area contributed by atoms with Crippen LogP contribution in [0.2, 0.25) is 0 Å². The molecule has 19 heavy (non-hydrogen) atoms. The maximum Gasteiger partial charge on any atom is 0.0452 e. The summed E-state index contributed by atoms with van der Waals surface area (Å²) in [6.07, 6.45) is 1.15. The van der Waals surface area contributed by atoms with E-state index in [-0.39, 0.29) is 0 Å². The standard InChI is InChI=1S/C18H23N/c1-10-9-15-7-6-8-16(18(15)19-10)17-13(4)11(2)12(3)14(17)5/h6-8,10,13,19H,9H2,1-5H3. The normalized spacial score (nSPS) is 25.9. The van der Waals surface area contributed by atoms with E-state index in [4.69, 9.17) is 0 Å². The van der Waals surface area contributed by atoms with E-state index in [2.05, 4.69) is 58.1 Å². The van der Waals surface area contributed by atoms with Crippen LogP contribution in [-0.2, 0) is 6.42 Å². The highest BCUT2D eigenvalue weighted by atomic mass is 14.9. The Balaban J connectivity index is 2.14. The third kappa shape index (κ3) is 1.75. The summed E-state index contributed by atoms with van der Waals surface area (Å²) in [6.45, 7) is 11.4. The predicted molar refractivity (Wildman–Crippen MR) is 83.4 cm³/mol. The van der Waals surface area contributed by atoms with Crippen molar-refractivity contribution < 1.29 is 0 Å². The molecule has 2 aliphatic rings. The van der Waals surface area contributed by atoms with E-state index < -0.39 is 0 Å². The molecule has 0 saturated carbocycles. The van der Waals surface area contributed by atoms with Crippen molar-refractivity contribution in [1.82, 2.24) is 0 Å². The van der Waals surface area contributed by atoms with Crippen molar-refractivity contribution in [2.24, 2.45) is 5.92 Å². The van der Waals surface area contributed by atoms with Gasteiger partial charge in [-0.3, -0.25) is 0 Å². The Morgan fingerprint density at radius 1 is 1.05 bits per heavy atom. The summed E-state index contributed by atoms with van der Waals surface area (Å²) < 4.78 is 0. The predicted octanol–water partition coefficient (Wildman–Crippen LogP) is 4.80. The van der Waals surface area contributed by atoms with Crippen molar-refractivity contribution in [1.29, 1.82) is 0 Å². The van der Waals surface area contributed by atoms with E-state index >= 15 is 0 Å². The molecular weight excluding hydrogens is 230 g/mol. The lowest BCUT2D eigenvalue weighted by Gasteiger charge is -2.17. The van der Waals surface area contributed by atoms with Gasteiger partial charge in [0.05, 0.1) is 0 Å². The van der Waals surface area contributed by atoms with Crippen LogP contribution in [0.25, 0.3) is 5.57 Å². The molecule has 1 N–H and O–H groups in total. The molecular formula is C18H23N. The third-order valence-corrected chi connectivity index (χ3v) is 5.00. The highest BCUT2D eigenvalue weighted by Gasteiger charge is 2.28. The van der Waals surface area contributed by atoms with Crippen LogP contribution in [0, 0.1) is 5.92 Å². The van der Waals surface area contributed by atoms with Gasteiger partial charge in [-0.05, 0) is 56.4 Å². The smallest absolute Gasteiger partial charge is 0.0452 e. The molecule has 0 fully saturated rings. The van der Waals surface area contributed by atoms with Gasteiger partial charge in [-0.25, -0.2) is 0 Å². The number of hydrogen-bond acceptors (Lipinski definition) is 1. The Labute approximate surface area is 116 Å². The largest absolute Gasteiger partial charge is 0.382 e. The van der Waals surface area contributed by atoms with Crippen molar-refractivity contribution >= 4 is 11.3 Å². The molecule has 0 saturated heterocycles. The number of anilines is 1. The van der Waals surface area contributed by atoms with E-state index in [0.29, 0.717) is 12.0 Å². The van der Waals surface area contributed by atoms with Crippen LogP contribution in [0.4, 0.5) is 5.69 Å². The van der Waals surface area contributed by atoms with E-state index in [1.165, 1.54) is 39.1 Å². The molecule has 1 heterocycles. The van der Waals surface area contributed by atoms with E-state index in [1.807, 2.05) is 0 Å². The molecule has 1 aromatic carbocycles. The van der Waals surface area contributed by atoms with Crippen LogP contribution < -0.4 is 5.32 Å². The fraction of sp³-hybridized carbons (Fsp3) is 0.444. The molecule has 100 valence electrons. The Kier molecular flexibility index (Phi) is 2.81. The van der Waals surface area contributed by atoms with Crippen LogP contribution in [-0.4, -0.2) is 6.04 Å². The van der Waals surface area contributed by atoms with Gasteiger partial charge >= 0.3 is 0 Å². The highest BCUT2D eigenvalue weighted by molar-refractivity contribution is 5.87. The number of hydrogen-bond donors (Lipinski definition) is 1. The van der Waals surface area contributed by atoms with Gasteiger partial charge in [-0.1, -0.05) is 30.7 Å². The van der Waals surface area contributed by atoms with E-state index in [9.17, 15) is 0 Å². The molecule has 0 spiro atoms. The molecule has 3 rings (SSSR count). The summed E-state index contributed by atoms with van der Waals surface area (Å²) in [5, 5.41) is 3.66. The molecule has 0 radical (unpaired) electrons. The van der Waals surface area contributed by atoms with Crippen LogP contribution in [0.3, 0.4) is 0 Å². The molecule has 0 aromatic heterocycles. The van der Waals surface area contributed by atoms with Crippen LogP contribution in [0.5, 0.6) is 0 Å². The van der Waals surface area contributed by atoms with Crippen molar-refractivity contribution in [3.63, 3.8) is 0 Å². The van der Waals surface area contributed by atoms with Gasteiger partial charge in [-0.2, -0.15) is 0 Å². The maximum absolute atomic E-state index is 3.66. The molecule has 2 unspecified atom stereocenters. The van der Waals surface area contributed by atoms with E-state index in [0.717, 1.165) is 6.42 Å². The molecule has 1 aromatic rings. The highest BCUT2D eigenvalue weighted by Crippen LogP contribution is 2.46. The van der Waals surface area contributed by atoms with Gasteiger partial charge in [-0.15, -0.1) is 0 Å². The molecule has 2 atom stereocenters. The first kappa shape index (κ1) is 12.5. The number of nitrogens with one attached hydrogen (secondary N) is 1. The summed E-state index contributed by atoms with van der Waals surface area (Å²) in [6, 6.07) is 7.32. The fourth-order valence-corrected chi connectivity index (χ4v) is 3.59. The molecule has 1 nitrogen and oxygen atoms in total. The summed E-state index contributed by atoms with van der Waals surface area (Å²) in [5.74, 6) is 0.546. The van der Waals surface area contributed by atoms with Crippen molar-refractivity contribution in [3.8, 4) is 0 Å². The van der Waals surface area contributed by atoms with Crippen LogP contribution in [0.1, 0.15) is 45.7 Å². The summed E-state index contributed by atoms with van der Waals surface area (Å²) in [5.41, 5.74) is 10.3. The lowest BCUT2D eigenvalue weighted by atomic mass is 9.89. The monoisotopic (exact) mass is 253 g/mol. The second-order valence-electron chi connectivity index (χ2n) is 6.16. The molecule has 0 bridgehead atoms. The van der Waals surface area contributed by atoms with Gasteiger partial charge in [0, 0.05) is 23.2 Å². The zero-order valence-electron chi connectivity index (χ0n) is 12.6. The Morgan fingerprint density at radius 2 is 1.79 bits per heavy atom. The molecule has 0 amide bonds. The minimum Gasteiger partial charge on any atom is -0.382 e. The lowest BCUT2D eigenvalue weighted by Crippen LogP contribution is -2.09. The quantitative estimate of drug-likeness (QED) is 0.758. The third-order valence-electron chi connectivity index (χ3n) is 5.00. The minimum absolute atomic E-state index is 0.546. The first-order valence-electron chi connectivity index (χ1n) is 7.28. The Bertz CT molecular complexity index is 604. The molecule has 1 aliphatic carbocycles. The summed E-state index contributed by atoms with van der Waals surface area (Å²) in [7, 11) is 0. The summed E-state index contributed by atoms with van der Waals surface area (Å²) >= 11 is 0. The number of benzene rings is 1. The first-order chi connectivity index (χ1) is 9.00. The van der Waals surface area contributed by atoms with Crippen molar-refractivity contribution in [2.75, 3.05) is 5.32 Å². The second-order valence-corrected chi connectivity index (χ2v) is 6.16. The SMILES string of the molecule is CC1=C(C)C(C)C(c2cccc3c2NC(C)C3)=C1C. The number of fused-ring (bicyclic) bond motifs is 1. The zero-order valence-corrected chi connectivity index (χ0v) is 12.6.